The van der Waals surface area contributed by atoms with Gasteiger partial charge in [-0.05, 0) is 31.1 Å². The first-order valence-corrected chi connectivity index (χ1v) is 7.74. The zero-order chi connectivity index (χ0) is 11.6. The molecule has 2 saturated heterocycles. The van der Waals surface area contributed by atoms with E-state index in [9.17, 15) is 8.42 Å². The third-order valence-electron chi connectivity index (χ3n) is 3.48. The molecule has 0 aromatic heterocycles. The Morgan fingerprint density at radius 3 is 2.81 bits per heavy atom. The molecule has 0 aromatic rings. The van der Waals surface area contributed by atoms with Crippen LogP contribution in [0.4, 0.5) is 0 Å². The second-order valence-electron chi connectivity index (χ2n) is 5.11. The van der Waals surface area contributed by atoms with Crippen molar-refractivity contribution in [2.75, 3.05) is 32.1 Å². The summed E-state index contributed by atoms with van der Waals surface area (Å²) < 4.78 is 31.2. The Labute approximate surface area is 98.0 Å². The normalized spacial score (nSPS) is 33.1. The van der Waals surface area contributed by atoms with Crippen molar-refractivity contribution in [2.24, 2.45) is 11.8 Å². The maximum atomic E-state index is 12.2. The molecule has 0 aliphatic carbocycles. The maximum Gasteiger partial charge on any atom is 0.214 e. The number of piperidine rings is 1. The second-order valence-corrected chi connectivity index (χ2v) is 7.13. The highest BCUT2D eigenvalue weighted by molar-refractivity contribution is 7.89. The molecule has 0 spiro atoms. The lowest BCUT2D eigenvalue weighted by Crippen LogP contribution is -2.41. The number of ether oxygens (including phenoxy) is 1. The van der Waals surface area contributed by atoms with Crippen molar-refractivity contribution in [2.45, 2.75) is 26.2 Å². The molecular weight excluding hydrogens is 226 g/mol. The van der Waals surface area contributed by atoms with Gasteiger partial charge in [-0.1, -0.05) is 6.92 Å². The van der Waals surface area contributed by atoms with Gasteiger partial charge in [0, 0.05) is 19.7 Å². The summed E-state index contributed by atoms with van der Waals surface area (Å²) in [5, 5.41) is 0. The second kappa shape index (κ2) is 5.02. The van der Waals surface area contributed by atoms with Gasteiger partial charge in [0.15, 0.2) is 0 Å². The van der Waals surface area contributed by atoms with Gasteiger partial charge in [-0.15, -0.1) is 0 Å². The van der Waals surface area contributed by atoms with Gasteiger partial charge < -0.3 is 4.74 Å². The van der Waals surface area contributed by atoms with Crippen LogP contribution in [0.5, 0.6) is 0 Å². The van der Waals surface area contributed by atoms with Crippen LogP contribution in [0.3, 0.4) is 0 Å². The first kappa shape index (κ1) is 12.3. The minimum atomic E-state index is -3.05. The Kier molecular flexibility index (Phi) is 3.87. The molecule has 0 unspecified atom stereocenters. The number of nitrogens with zero attached hydrogens (tertiary/aromatic N) is 1. The number of hydrogen-bond donors (Lipinski definition) is 0. The molecule has 0 N–H and O–H groups in total. The highest BCUT2D eigenvalue weighted by atomic mass is 32.2. The van der Waals surface area contributed by atoms with Crippen molar-refractivity contribution >= 4 is 10.0 Å². The lowest BCUT2D eigenvalue weighted by molar-refractivity contribution is 0.188. The average molecular weight is 247 g/mol. The largest absolute Gasteiger partial charge is 0.381 e. The first-order valence-electron chi connectivity index (χ1n) is 6.13. The quantitative estimate of drug-likeness (QED) is 0.750. The molecule has 16 heavy (non-hydrogen) atoms. The fourth-order valence-electron chi connectivity index (χ4n) is 2.52. The van der Waals surface area contributed by atoms with Crippen LogP contribution in [0.1, 0.15) is 26.2 Å². The summed E-state index contributed by atoms with van der Waals surface area (Å²) in [7, 11) is -3.05. The standard InChI is InChI=1S/C11H21NO3S/c1-10-3-2-5-12(7-10)16(13,14)9-11-4-6-15-8-11/h10-11H,2-9H2,1H3/t10-,11+/m1/s1. The van der Waals surface area contributed by atoms with E-state index in [-0.39, 0.29) is 11.7 Å². The van der Waals surface area contributed by atoms with Crippen LogP contribution in [0.25, 0.3) is 0 Å². The van der Waals surface area contributed by atoms with E-state index in [0.717, 1.165) is 25.9 Å². The third kappa shape index (κ3) is 2.96. The van der Waals surface area contributed by atoms with Crippen LogP contribution in [0, 0.1) is 11.8 Å². The van der Waals surface area contributed by atoms with E-state index >= 15 is 0 Å². The van der Waals surface area contributed by atoms with Crippen molar-refractivity contribution in [3.8, 4) is 0 Å². The van der Waals surface area contributed by atoms with Crippen LogP contribution >= 0.6 is 0 Å². The van der Waals surface area contributed by atoms with Crippen LogP contribution in [-0.2, 0) is 14.8 Å². The van der Waals surface area contributed by atoms with E-state index in [0.29, 0.717) is 25.6 Å². The summed E-state index contributed by atoms with van der Waals surface area (Å²) in [4.78, 5) is 0. The SMILES string of the molecule is C[C@@H]1CCCN(S(=O)(=O)C[C@H]2CCOC2)C1. The van der Waals surface area contributed by atoms with E-state index in [1.807, 2.05) is 0 Å². The molecule has 2 heterocycles. The minimum Gasteiger partial charge on any atom is -0.381 e. The lowest BCUT2D eigenvalue weighted by atomic mass is 10.0. The predicted molar refractivity (Wildman–Crippen MR) is 62.7 cm³/mol. The molecule has 0 aromatic carbocycles. The molecule has 2 aliphatic rings. The molecule has 0 bridgehead atoms. The van der Waals surface area contributed by atoms with Crippen LogP contribution in [0.2, 0.25) is 0 Å². The Morgan fingerprint density at radius 2 is 2.19 bits per heavy atom. The molecule has 2 rings (SSSR count). The van der Waals surface area contributed by atoms with Crippen LogP contribution < -0.4 is 0 Å². The lowest BCUT2D eigenvalue weighted by Gasteiger charge is -2.30. The molecule has 0 saturated carbocycles. The molecule has 94 valence electrons. The van der Waals surface area contributed by atoms with Crippen molar-refractivity contribution in [3.05, 3.63) is 0 Å². The number of sulfonamides is 1. The summed E-state index contributed by atoms with van der Waals surface area (Å²) in [6, 6.07) is 0. The number of rotatable bonds is 3. The molecular formula is C11H21NO3S. The summed E-state index contributed by atoms with van der Waals surface area (Å²) >= 11 is 0. The molecule has 0 amide bonds. The molecule has 0 radical (unpaired) electrons. The van der Waals surface area contributed by atoms with E-state index in [2.05, 4.69) is 6.92 Å². The van der Waals surface area contributed by atoms with Crippen molar-refractivity contribution in [1.29, 1.82) is 0 Å². The fourth-order valence-corrected chi connectivity index (χ4v) is 4.48. The van der Waals surface area contributed by atoms with Crippen molar-refractivity contribution in [1.82, 2.24) is 4.31 Å². The molecule has 4 nitrogen and oxygen atoms in total. The van der Waals surface area contributed by atoms with Gasteiger partial charge in [-0.3, -0.25) is 0 Å². The fraction of sp³-hybridized carbons (Fsp3) is 1.00. The van der Waals surface area contributed by atoms with Crippen molar-refractivity contribution < 1.29 is 13.2 Å². The number of hydrogen-bond acceptors (Lipinski definition) is 3. The molecule has 5 heteroatoms. The summed E-state index contributed by atoms with van der Waals surface area (Å²) in [5.74, 6) is 0.991. The smallest absolute Gasteiger partial charge is 0.214 e. The van der Waals surface area contributed by atoms with E-state index in [4.69, 9.17) is 4.74 Å². The van der Waals surface area contributed by atoms with Gasteiger partial charge in [0.2, 0.25) is 10.0 Å². The molecule has 2 fully saturated rings. The average Bonchev–Trinajstić information content (AvgIpc) is 2.70. The summed E-state index contributed by atoms with van der Waals surface area (Å²) in [6.45, 7) is 4.87. The zero-order valence-electron chi connectivity index (χ0n) is 9.89. The van der Waals surface area contributed by atoms with Gasteiger partial charge >= 0.3 is 0 Å². The topological polar surface area (TPSA) is 46.6 Å². The van der Waals surface area contributed by atoms with E-state index < -0.39 is 10.0 Å². The first-order chi connectivity index (χ1) is 7.58. The Bertz CT molecular complexity index is 322. The predicted octanol–water partition coefficient (Wildman–Crippen LogP) is 1.08. The monoisotopic (exact) mass is 247 g/mol. The van der Waals surface area contributed by atoms with E-state index in [1.54, 1.807) is 4.31 Å². The summed E-state index contributed by atoms with van der Waals surface area (Å²) in [6.07, 6.45) is 3.04. The molecule has 2 atom stereocenters. The van der Waals surface area contributed by atoms with Gasteiger partial charge in [0.1, 0.15) is 0 Å². The third-order valence-corrected chi connectivity index (χ3v) is 5.49. The Hall–Kier alpha value is -0.130. The van der Waals surface area contributed by atoms with Gasteiger partial charge in [-0.25, -0.2) is 12.7 Å². The van der Waals surface area contributed by atoms with Crippen LogP contribution in [-0.4, -0.2) is 44.8 Å². The zero-order valence-corrected chi connectivity index (χ0v) is 10.7. The Balaban J connectivity index is 1.94. The van der Waals surface area contributed by atoms with E-state index in [1.165, 1.54) is 0 Å². The van der Waals surface area contributed by atoms with Gasteiger partial charge in [0.05, 0.1) is 12.4 Å². The molecule has 2 aliphatic heterocycles. The van der Waals surface area contributed by atoms with Crippen molar-refractivity contribution in [3.63, 3.8) is 0 Å². The Morgan fingerprint density at radius 1 is 1.38 bits per heavy atom. The summed E-state index contributed by atoms with van der Waals surface area (Å²) in [5.41, 5.74) is 0. The maximum absolute atomic E-state index is 12.2. The van der Waals surface area contributed by atoms with Gasteiger partial charge in [-0.2, -0.15) is 0 Å². The van der Waals surface area contributed by atoms with Crippen LogP contribution in [0.15, 0.2) is 0 Å². The van der Waals surface area contributed by atoms with Gasteiger partial charge in [0.25, 0.3) is 0 Å². The highest BCUT2D eigenvalue weighted by Gasteiger charge is 2.30. The minimum absolute atomic E-state index is 0.210. The highest BCUT2D eigenvalue weighted by Crippen LogP contribution is 2.22.